The van der Waals surface area contributed by atoms with Crippen molar-refractivity contribution in [1.82, 2.24) is 14.9 Å². The molecule has 0 aromatic carbocycles. The van der Waals surface area contributed by atoms with Gasteiger partial charge in [0.05, 0.1) is 17.4 Å². The van der Waals surface area contributed by atoms with E-state index >= 15 is 0 Å². The summed E-state index contributed by atoms with van der Waals surface area (Å²) in [6.07, 6.45) is 4.80. The molecule has 1 atom stereocenters. The van der Waals surface area contributed by atoms with Crippen molar-refractivity contribution in [3.05, 3.63) is 41.7 Å². The molecule has 1 fully saturated rings. The number of halogens is 3. The summed E-state index contributed by atoms with van der Waals surface area (Å²) in [5, 5.41) is 7.01. The van der Waals surface area contributed by atoms with Gasteiger partial charge in [0.15, 0.2) is 5.04 Å². The third-order valence-corrected chi connectivity index (χ3v) is 5.02. The Bertz CT molecular complexity index is 881. The van der Waals surface area contributed by atoms with Crippen molar-refractivity contribution in [3.8, 4) is 0 Å². The van der Waals surface area contributed by atoms with Gasteiger partial charge in [0.2, 0.25) is 5.92 Å². The van der Waals surface area contributed by atoms with E-state index in [2.05, 4.69) is 15.4 Å². The molecule has 0 saturated heterocycles. The van der Waals surface area contributed by atoms with E-state index in [1.54, 1.807) is 23.2 Å². The maximum absolute atomic E-state index is 13.3. The maximum atomic E-state index is 13.3. The lowest BCUT2D eigenvalue weighted by Gasteiger charge is -2.13. The minimum absolute atomic E-state index is 0.155. The van der Waals surface area contributed by atoms with Crippen LogP contribution in [0, 0.1) is 0 Å². The fraction of sp³-hybridized carbons (Fsp3) is 0.353. The number of hydrogen-bond donors (Lipinski definition) is 1. The molecule has 1 aliphatic rings. The Labute approximate surface area is 158 Å². The van der Waals surface area contributed by atoms with Gasteiger partial charge in [-0.3, -0.25) is 4.79 Å². The molecule has 1 aliphatic carbocycles. The van der Waals surface area contributed by atoms with Gasteiger partial charge < -0.3 is 5.32 Å². The summed E-state index contributed by atoms with van der Waals surface area (Å²) in [6, 6.07) is 5.01. The first kappa shape index (κ1) is 18.8. The molecule has 2 heterocycles. The number of aromatic nitrogens is 2. The van der Waals surface area contributed by atoms with E-state index in [-0.39, 0.29) is 24.3 Å². The number of thioether (sulfide) groups is 1. The molecular weight excluding hydrogens is 382 g/mol. The lowest BCUT2D eigenvalue weighted by atomic mass is 10.2. The zero-order valence-corrected chi connectivity index (χ0v) is 15.5. The van der Waals surface area contributed by atoms with Crippen molar-refractivity contribution in [2.75, 3.05) is 6.26 Å². The third-order valence-electron chi connectivity index (χ3n) is 4.15. The minimum Gasteiger partial charge on any atom is -0.347 e. The molecule has 1 unspecified atom stereocenters. The number of hydrogen-bond acceptors (Lipinski definition) is 4. The van der Waals surface area contributed by atoms with Crippen molar-refractivity contribution >= 4 is 45.5 Å². The molecule has 1 saturated carbocycles. The van der Waals surface area contributed by atoms with Gasteiger partial charge in [-0.05, 0) is 24.8 Å². The number of pyridine rings is 1. The largest absolute Gasteiger partial charge is 0.347 e. The Morgan fingerprint density at radius 3 is 3.00 bits per heavy atom. The van der Waals surface area contributed by atoms with Crippen LogP contribution in [-0.2, 0) is 4.79 Å². The number of alkyl halides is 2. The molecule has 138 valence electrons. The van der Waals surface area contributed by atoms with Crippen LogP contribution in [0.5, 0.6) is 0 Å². The van der Waals surface area contributed by atoms with Crippen LogP contribution in [0.15, 0.2) is 41.1 Å². The van der Waals surface area contributed by atoms with Crippen LogP contribution < -0.4 is 5.32 Å². The average Bonchev–Trinajstić information content (AvgIpc) is 3.19. The number of fused-ring (bicyclic) bond motifs is 1. The summed E-state index contributed by atoms with van der Waals surface area (Å²) >= 11 is 7.06. The fourth-order valence-corrected chi connectivity index (χ4v) is 3.49. The zero-order valence-electron chi connectivity index (χ0n) is 14.0. The van der Waals surface area contributed by atoms with Crippen LogP contribution in [0.1, 0.15) is 24.8 Å². The Morgan fingerprint density at radius 2 is 2.35 bits per heavy atom. The van der Waals surface area contributed by atoms with Crippen molar-refractivity contribution in [1.29, 1.82) is 0 Å². The SMILES string of the molecule is CSC(=N/C(=C/Cl)c1cnn2ccccc12)C(=O)NC1CCC(F)(F)C1. The topological polar surface area (TPSA) is 58.8 Å². The normalized spacial score (nSPS) is 20.5. The molecule has 2 aromatic heterocycles. The molecule has 1 N–H and O–H groups in total. The lowest BCUT2D eigenvalue weighted by molar-refractivity contribution is -0.115. The molecule has 1 amide bonds. The number of rotatable bonds is 3. The highest BCUT2D eigenvalue weighted by atomic mass is 35.5. The molecule has 26 heavy (non-hydrogen) atoms. The third kappa shape index (κ3) is 4.07. The van der Waals surface area contributed by atoms with Crippen LogP contribution in [0.4, 0.5) is 8.78 Å². The Kier molecular flexibility index (Phi) is 5.62. The van der Waals surface area contributed by atoms with Crippen molar-refractivity contribution in [2.24, 2.45) is 4.99 Å². The van der Waals surface area contributed by atoms with Crippen molar-refractivity contribution in [3.63, 3.8) is 0 Å². The highest BCUT2D eigenvalue weighted by Gasteiger charge is 2.40. The minimum atomic E-state index is -2.72. The molecule has 9 heteroatoms. The standard InChI is InChI=1S/C17H17ClF2N4OS/c1-26-16(15(25)22-11-5-6-17(19,20)8-11)23-13(9-18)12-10-21-24-7-3-2-4-14(12)24/h2-4,7,9-11H,5-6,8H2,1H3,(H,22,25)/b13-9+,23-16?. The Balaban J connectivity index is 1.81. The quantitative estimate of drug-likeness (QED) is 0.629. The first-order valence-electron chi connectivity index (χ1n) is 7.98. The number of nitrogens with one attached hydrogen (secondary N) is 1. The van der Waals surface area contributed by atoms with Crippen LogP contribution in [-0.4, -0.2) is 38.8 Å². The number of carbonyl (C=O) groups excluding carboxylic acids is 1. The Hall–Kier alpha value is -1.93. The molecule has 3 rings (SSSR count). The van der Waals surface area contributed by atoms with E-state index in [1.165, 1.54) is 5.54 Å². The van der Waals surface area contributed by atoms with Gasteiger partial charge in [-0.15, -0.1) is 11.8 Å². The predicted molar refractivity (Wildman–Crippen MR) is 101 cm³/mol. The maximum Gasteiger partial charge on any atom is 0.276 e. The summed E-state index contributed by atoms with van der Waals surface area (Å²) in [4.78, 5) is 16.8. The van der Waals surface area contributed by atoms with Gasteiger partial charge in [-0.25, -0.2) is 18.3 Å². The second-order valence-corrected chi connectivity index (χ2v) is 6.99. The first-order valence-corrected chi connectivity index (χ1v) is 9.64. The van der Waals surface area contributed by atoms with Gasteiger partial charge in [-0.2, -0.15) is 5.10 Å². The van der Waals surface area contributed by atoms with Crippen LogP contribution in [0.25, 0.3) is 11.2 Å². The number of amides is 1. The molecular formula is C17H17ClF2N4OS. The Morgan fingerprint density at radius 1 is 1.54 bits per heavy atom. The second kappa shape index (κ2) is 7.75. The van der Waals surface area contributed by atoms with Gasteiger partial charge in [0, 0.05) is 36.2 Å². The summed E-state index contributed by atoms with van der Waals surface area (Å²) in [5.74, 6) is -3.19. The molecule has 2 aromatic rings. The smallest absolute Gasteiger partial charge is 0.276 e. The van der Waals surface area contributed by atoms with Crippen molar-refractivity contribution in [2.45, 2.75) is 31.2 Å². The monoisotopic (exact) mass is 398 g/mol. The fourth-order valence-electron chi connectivity index (χ4n) is 2.89. The molecule has 0 bridgehead atoms. The zero-order chi connectivity index (χ0) is 18.7. The van der Waals surface area contributed by atoms with E-state index in [0.717, 1.165) is 17.3 Å². The van der Waals surface area contributed by atoms with Crippen LogP contribution >= 0.6 is 23.4 Å². The highest BCUT2D eigenvalue weighted by Crippen LogP contribution is 2.34. The summed E-state index contributed by atoms with van der Waals surface area (Å²) in [5.41, 5.74) is 3.12. The summed E-state index contributed by atoms with van der Waals surface area (Å²) in [6.45, 7) is 0. The van der Waals surface area contributed by atoms with Gasteiger partial charge in [0.1, 0.15) is 0 Å². The van der Waals surface area contributed by atoms with Gasteiger partial charge in [-0.1, -0.05) is 17.7 Å². The van der Waals surface area contributed by atoms with E-state index in [1.807, 2.05) is 18.2 Å². The second-order valence-electron chi connectivity index (χ2n) is 5.97. The molecule has 5 nitrogen and oxygen atoms in total. The lowest BCUT2D eigenvalue weighted by Crippen LogP contribution is -2.37. The van der Waals surface area contributed by atoms with E-state index in [4.69, 9.17) is 11.6 Å². The molecule has 0 spiro atoms. The highest BCUT2D eigenvalue weighted by molar-refractivity contribution is 8.15. The van der Waals surface area contributed by atoms with E-state index in [0.29, 0.717) is 11.3 Å². The summed E-state index contributed by atoms with van der Waals surface area (Å²) < 4.78 is 28.3. The van der Waals surface area contributed by atoms with E-state index < -0.39 is 17.9 Å². The summed E-state index contributed by atoms with van der Waals surface area (Å²) in [7, 11) is 0. The van der Waals surface area contributed by atoms with Gasteiger partial charge >= 0.3 is 0 Å². The van der Waals surface area contributed by atoms with Crippen LogP contribution in [0.2, 0.25) is 0 Å². The van der Waals surface area contributed by atoms with Gasteiger partial charge in [0.25, 0.3) is 5.91 Å². The van der Waals surface area contributed by atoms with Crippen molar-refractivity contribution < 1.29 is 13.6 Å². The number of aliphatic imine (C=N–C) groups is 1. The average molecular weight is 399 g/mol. The number of carbonyl (C=O) groups is 1. The van der Waals surface area contributed by atoms with E-state index in [9.17, 15) is 13.6 Å². The first-order chi connectivity index (χ1) is 12.4. The molecule has 0 aliphatic heterocycles. The van der Waals surface area contributed by atoms with Crippen LogP contribution in [0.3, 0.4) is 0 Å². The number of nitrogens with zero attached hydrogens (tertiary/aromatic N) is 3. The predicted octanol–water partition coefficient (Wildman–Crippen LogP) is 3.94. The molecule has 0 radical (unpaired) electrons.